The number of hydrogen-bond donors (Lipinski definition) is 1. The topological polar surface area (TPSA) is 55.1 Å². The van der Waals surface area contributed by atoms with Crippen molar-refractivity contribution < 1.29 is 9.21 Å². The number of hydrogen-bond acceptors (Lipinski definition) is 4. The van der Waals surface area contributed by atoms with E-state index in [1.165, 1.54) is 11.3 Å². The van der Waals surface area contributed by atoms with Gasteiger partial charge in [-0.25, -0.2) is 4.98 Å². The fourth-order valence-corrected chi connectivity index (χ4v) is 2.52. The Labute approximate surface area is 126 Å². The number of anilines is 1. The normalized spacial score (nSPS) is 10.5. The summed E-state index contributed by atoms with van der Waals surface area (Å²) >= 11 is 1.41. The predicted molar refractivity (Wildman–Crippen MR) is 83.2 cm³/mol. The summed E-state index contributed by atoms with van der Waals surface area (Å²) in [7, 11) is 0. The largest absolute Gasteiger partial charge is 0.461 e. The molecule has 5 heteroatoms. The van der Waals surface area contributed by atoms with Gasteiger partial charge in [-0.05, 0) is 12.1 Å². The van der Waals surface area contributed by atoms with Gasteiger partial charge >= 0.3 is 0 Å². The van der Waals surface area contributed by atoms with Crippen molar-refractivity contribution in [3.8, 4) is 11.3 Å². The van der Waals surface area contributed by atoms with Gasteiger partial charge in [0.05, 0.1) is 0 Å². The number of furan rings is 1. The van der Waals surface area contributed by atoms with Crippen LogP contribution in [0.15, 0.2) is 58.5 Å². The van der Waals surface area contributed by atoms with E-state index in [1.807, 2.05) is 47.8 Å². The summed E-state index contributed by atoms with van der Waals surface area (Å²) < 4.78 is 5.76. The van der Waals surface area contributed by atoms with Gasteiger partial charge in [0.15, 0.2) is 5.13 Å². The molecule has 2 heterocycles. The Morgan fingerprint density at radius 1 is 1.19 bits per heavy atom. The van der Waals surface area contributed by atoms with Crippen LogP contribution < -0.4 is 5.32 Å². The Kier molecular flexibility index (Phi) is 4.12. The molecule has 0 atom stereocenters. The van der Waals surface area contributed by atoms with E-state index in [2.05, 4.69) is 10.3 Å². The first-order valence-corrected chi connectivity index (χ1v) is 7.53. The number of aromatic nitrogens is 1. The Hall–Kier alpha value is -2.40. The summed E-state index contributed by atoms with van der Waals surface area (Å²) in [6, 6.07) is 13.8. The lowest BCUT2D eigenvalue weighted by molar-refractivity contribution is -0.116. The molecule has 0 saturated heterocycles. The first-order chi connectivity index (χ1) is 10.3. The lowest BCUT2D eigenvalue weighted by Crippen LogP contribution is -2.11. The molecule has 0 unspecified atom stereocenters. The van der Waals surface area contributed by atoms with Crippen LogP contribution in [0.3, 0.4) is 0 Å². The van der Waals surface area contributed by atoms with E-state index in [0.717, 1.165) is 17.1 Å². The second-order valence-electron chi connectivity index (χ2n) is 4.52. The summed E-state index contributed by atoms with van der Waals surface area (Å²) in [6.07, 6.45) is 2.62. The summed E-state index contributed by atoms with van der Waals surface area (Å²) in [5.74, 6) is 1.58. The van der Waals surface area contributed by atoms with E-state index in [-0.39, 0.29) is 5.91 Å². The van der Waals surface area contributed by atoms with Gasteiger partial charge in [-0.15, -0.1) is 11.3 Å². The minimum absolute atomic E-state index is 0.0531. The highest BCUT2D eigenvalue weighted by Crippen LogP contribution is 2.22. The van der Waals surface area contributed by atoms with E-state index in [4.69, 9.17) is 4.42 Å². The smallest absolute Gasteiger partial charge is 0.226 e. The number of carbonyl (C=O) groups is 1. The molecule has 21 heavy (non-hydrogen) atoms. The third-order valence-corrected chi connectivity index (χ3v) is 3.69. The maximum Gasteiger partial charge on any atom is 0.226 e. The molecule has 2 aromatic heterocycles. The van der Waals surface area contributed by atoms with Gasteiger partial charge in [-0.3, -0.25) is 4.79 Å². The van der Waals surface area contributed by atoms with Crippen LogP contribution in [0.25, 0.3) is 11.3 Å². The Morgan fingerprint density at radius 2 is 2.05 bits per heavy atom. The number of nitrogens with one attached hydrogen (secondary N) is 1. The highest BCUT2D eigenvalue weighted by molar-refractivity contribution is 7.13. The minimum Gasteiger partial charge on any atom is -0.461 e. The van der Waals surface area contributed by atoms with E-state index in [0.29, 0.717) is 18.0 Å². The number of rotatable bonds is 5. The minimum atomic E-state index is -0.0531. The van der Waals surface area contributed by atoms with Crippen molar-refractivity contribution >= 4 is 22.4 Å². The molecular formula is C16H14N2O2S. The van der Waals surface area contributed by atoms with Crippen molar-refractivity contribution in [3.63, 3.8) is 0 Å². The zero-order valence-electron chi connectivity index (χ0n) is 11.3. The fraction of sp³-hybridized carbons (Fsp3) is 0.125. The molecule has 0 spiro atoms. The second kappa shape index (κ2) is 6.37. The van der Waals surface area contributed by atoms with E-state index in [9.17, 15) is 4.79 Å². The first-order valence-electron chi connectivity index (χ1n) is 6.65. The molecule has 1 aromatic carbocycles. The summed E-state index contributed by atoms with van der Waals surface area (Å²) in [4.78, 5) is 15.8. The van der Waals surface area contributed by atoms with Gasteiger partial charge in [-0.2, -0.15) is 0 Å². The number of amides is 1. The second-order valence-corrected chi connectivity index (χ2v) is 5.41. The number of benzene rings is 1. The van der Waals surface area contributed by atoms with Crippen LogP contribution in [-0.4, -0.2) is 10.9 Å². The Balaban J connectivity index is 1.56. The molecule has 0 saturated carbocycles. The third kappa shape index (κ3) is 3.58. The lowest BCUT2D eigenvalue weighted by Gasteiger charge is -2.00. The van der Waals surface area contributed by atoms with Crippen LogP contribution in [0, 0.1) is 0 Å². The number of nitrogens with zero attached hydrogens (tertiary/aromatic N) is 1. The van der Waals surface area contributed by atoms with Gasteiger partial charge in [-0.1, -0.05) is 30.3 Å². The average molecular weight is 298 g/mol. The van der Waals surface area contributed by atoms with Gasteiger partial charge in [0.2, 0.25) is 5.91 Å². The zero-order valence-corrected chi connectivity index (χ0v) is 12.1. The molecule has 4 nitrogen and oxygen atoms in total. The SMILES string of the molecule is O=C(CCc1ccc(-c2ccccc2)o1)Nc1nccs1. The molecule has 0 fully saturated rings. The molecule has 0 aliphatic carbocycles. The summed E-state index contributed by atoms with van der Waals surface area (Å²) in [5, 5.41) is 5.21. The fourth-order valence-electron chi connectivity index (χ4n) is 1.97. The van der Waals surface area contributed by atoms with E-state index >= 15 is 0 Å². The Bertz CT molecular complexity index is 705. The predicted octanol–water partition coefficient (Wildman–Crippen LogP) is 3.97. The quantitative estimate of drug-likeness (QED) is 0.775. The van der Waals surface area contributed by atoms with Crippen molar-refractivity contribution in [1.29, 1.82) is 0 Å². The monoisotopic (exact) mass is 298 g/mol. The van der Waals surface area contributed by atoms with Gasteiger partial charge in [0, 0.05) is 30.0 Å². The zero-order chi connectivity index (χ0) is 14.5. The number of thiazole rings is 1. The average Bonchev–Trinajstić information content (AvgIpc) is 3.17. The molecule has 3 aromatic rings. The third-order valence-electron chi connectivity index (χ3n) is 3.00. The molecule has 0 aliphatic heterocycles. The van der Waals surface area contributed by atoms with Crippen LogP contribution >= 0.6 is 11.3 Å². The van der Waals surface area contributed by atoms with Crippen molar-refractivity contribution in [2.75, 3.05) is 5.32 Å². The molecule has 3 rings (SSSR count). The van der Waals surface area contributed by atoms with Crippen molar-refractivity contribution in [2.24, 2.45) is 0 Å². The molecular weight excluding hydrogens is 284 g/mol. The van der Waals surface area contributed by atoms with Gasteiger partial charge < -0.3 is 9.73 Å². The lowest BCUT2D eigenvalue weighted by atomic mass is 10.2. The van der Waals surface area contributed by atoms with Crippen molar-refractivity contribution in [2.45, 2.75) is 12.8 Å². The molecule has 0 aliphatic rings. The number of carbonyl (C=O) groups excluding carboxylic acids is 1. The maximum atomic E-state index is 11.8. The van der Waals surface area contributed by atoms with E-state index in [1.54, 1.807) is 6.20 Å². The maximum absolute atomic E-state index is 11.8. The van der Waals surface area contributed by atoms with Crippen LogP contribution in [0.4, 0.5) is 5.13 Å². The highest BCUT2D eigenvalue weighted by atomic mass is 32.1. The van der Waals surface area contributed by atoms with Crippen LogP contribution in [0.5, 0.6) is 0 Å². The van der Waals surface area contributed by atoms with E-state index < -0.39 is 0 Å². The summed E-state index contributed by atoms with van der Waals surface area (Å²) in [5.41, 5.74) is 1.04. The van der Waals surface area contributed by atoms with Crippen LogP contribution in [-0.2, 0) is 11.2 Å². The molecule has 106 valence electrons. The highest BCUT2D eigenvalue weighted by Gasteiger charge is 2.08. The molecule has 0 radical (unpaired) electrons. The van der Waals surface area contributed by atoms with Crippen molar-refractivity contribution in [1.82, 2.24) is 4.98 Å². The standard InChI is InChI=1S/C16H14N2O2S/c19-15(18-16-17-10-11-21-16)9-7-13-6-8-14(20-13)12-4-2-1-3-5-12/h1-6,8,10-11H,7,9H2,(H,17,18,19). The van der Waals surface area contributed by atoms with Crippen LogP contribution in [0.1, 0.15) is 12.2 Å². The number of aryl methyl sites for hydroxylation is 1. The van der Waals surface area contributed by atoms with Crippen molar-refractivity contribution in [3.05, 3.63) is 59.8 Å². The molecule has 1 amide bonds. The van der Waals surface area contributed by atoms with Crippen LogP contribution in [0.2, 0.25) is 0 Å². The van der Waals surface area contributed by atoms with Gasteiger partial charge in [0.25, 0.3) is 0 Å². The Morgan fingerprint density at radius 3 is 2.81 bits per heavy atom. The van der Waals surface area contributed by atoms with Gasteiger partial charge in [0.1, 0.15) is 11.5 Å². The summed E-state index contributed by atoms with van der Waals surface area (Å²) in [6.45, 7) is 0. The molecule has 0 bridgehead atoms. The molecule has 1 N–H and O–H groups in total. The first kappa shape index (κ1) is 13.6.